The number of nitro benzene ring substituents is 1. The normalized spacial score (nSPS) is 10.5. The topological polar surface area (TPSA) is 97.2 Å². The molecule has 0 radical (unpaired) electrons. The summed E-state index contributed by atoms with van der Waals surface area (Å²) in [6.07, 6.45) is 3.10. The number of aromatic nitrogens is 1. The standard InChI is InChI=1S/C17H22N4O3S/c1-3-4-5-15-20-12(2)16(25-15)17(22)19-11-10-18-13-6-8-14(9-7-13)21(23)24/h6-9,18H,3-5,10-11H2,1-2H3,(H,19,22). The van der Waals surface area contributed by atoms with E-state index in [0.29, 0.717) is 18.0 Å². The van der Waals surface area contributed by atoms with Crippen molar-refractivity contribution in [2.75, 3.05) is 18.4 Å². The fraction of sp³-hybridized carbons (Fsp3) is 0.412. The number of carbonyl (C=O) groups is 1. The molecule has 1 aromatic heterocycles. The molecule has 0 aliphatic carbocycles. The van der Waals surface area contributed by atoms with Crippen molar-refractivity contribution in [3.05, 3.63) is 50.0 Å². The Hall–Kier alpha value is -2.48. The molecule has 0 atom stereocenters. The van der Waals surface area contributed by atoms with Gasteiger partial charge in [-0.15, -0.1) is 11.3 Å². The zero-order valence-corrected chi connectivity index (χ0v) is 15.2. The van der Waals surface area contributed by atoms with Gasteiger partial charge in [0.2, 0.25) is 0 Å². The third-order valence-electron chi connectivity index (χ3n) is 3.61. The van der Waals surface area contributed by atoms with Gasteiger partial charge in [0.1, 0.15) is 4.88 Å². The lowest BCUT2D eigenvalue weighted by Crippen LogP contribution is -2.28. The average Bonchev–Trinajstić information content (AvgIpc) is 2.98. The van der Waals surface area contributed by atoms with Crippen LogP contribution in [-0.4, -0.2) is 28.9 Å². The highest BCUT2D eigenvalue weighted by atomic mass is 32.1. The first-order valence-corrected chi connectivity index (χ1v) is 9.05. The van der Waals surface area contributed by atoms with Crippen LogP contribution in [0.25, 0.3) is 0 Å². The summed E-state index contributed by atoms with van der Waals surface area (Å²) in [7, 11) is 0. The minimum absolute atomic E-state index is 0.0541. The maximum absolute atomic E-state index is 12.2. The van der Waals surface area contributed by atoms with E-state index in [0.717, 1.165) is 35.7 Å². The summed E-state index contributed by atoms with van der Waals surface area (Å²) in [5.41, 5.74) is 1.60. The van der Waals surface area contributed by atoms with Gasteiger partial charge in [0.15, 0.2) is 0 Å². The van der Waals surface area contributed by atoms with Crippen LogP contribution in [0.5, 0.6) is 0 Å². The largest absolute Gasteiger partial charge is 0.383 e. The number of nitrogens with zero attached hydrogens (tertiary/aromatic N) is 2. The molecule has 8 heteroatoms. The first kappa shape index (κ1) is 18.9. The van der Waals surface area contributed by atoms with Gasteiger partial charge in [0.25, 0.3) is 11.6 Å². The molecule has 0 bridgehead atoms. The van der Waals surface area contributed by atoms with Crippen LogP contribution in [0.2, 0.25) is 0 Å². The van der Waals surface area contributed by atoms with Crippen LogP contribution >= 0.6 is 11.3 Å². The van der Waals surface area contributed by atoms with E-state index in [1.165, 1.54) is 23.5 Å². The number of amides is 1. The van der Waals surface area contributed by atoms with Gasteiger partial charge in [-0.05, 0) is 31.9 Å². The number of aryl methyl sites for hydroxylation is 2. The van der Waals surface area contributed by atoms with Crippen LogP contribution in [0.3, 0.4) is 0 Å². The summed E-state index contributed by atoms with van der Waals surface area (Å²) < 4.78 is 0. The Morgan fingerprint density at radius 1 is 1.28 bits per heavy atom. The number of anilines is 1. The Bertz CT molecular complexity index is 728. The molecule has 0 aliphatic heterocycles. The van der Waals surface area contributed by atoms with E-state index in [1.807, 2.05) is 6.92 Å². The maximum Gasteiger partial charge on any atom is 0.269 e. The van der Waals surface area contributed by atoms with Crippen LogP contribution in [0.15, 0.2) is 24.3 Å². The fourth-order valence-corrected chi connectivity index (χ4v) is 3.28. The molecular weight excluding hydrogens is 340 g/mol. The van der Waals surface area contributed by atoms with Crippen LogP contribution in [0.4, 0.5) is 11.4 Å². The third kappa shape index (κ3) is 5.53. The van der Waals surface area contributed by atoms with Gasteiger partial charge in [0, 0.05) is 30.9 Å². The van der Waals surface area contributed by atoms with Gasteiger partial charge in [-0.3, -0.25) is 14.9 Å². The summed E-state index contributed by atoms with van der Waals surface area (Å²) in [4.78, 5) is 27.5. The minimum atomic E-state index is -0.434. The van der Waals surface area contributed by atoms with Gasteiger partial charge in [-0.1, -0.05) is 13.3 Å². The molecule has 0 saturated carbocycles. The molecule has 0 aliphatic rings. The zero-order chi connectivity index (χ0) is 18.2. The highest BCUT2D eigenvalue weighted by Crippen LogP contribution is 2.19. The number of hydrogen-bond acceptors (Lipinski definition) is 6. The Morgan fingerprint density at radius 3 is 2.64 bits per heavy atom. The molecule has 0 unspecified atom stereocenters. The van der Waals surface area contributed by atoms with E-state index in [-0.39, 0.29) is 11.6 Å². The number of unbranched alkanes of at least 4 members (excludes halogenated alkanes) is 1. The predicted molar refractivity (Wildman–Crippen MR) is 99.4 cm³/mol. The summed E-state index contributed by atoms with van der Waals surface area (Å²) in [6.45, 7) is 4.98. The van der Waals surface area contributed by atoms with E-state index in [4.69, 9.17) is 0 Å². The minimum Gasteiger partial charge on any atom is -0.383 e. The van der Waals surface area contributed by atoms with E-state index in [9.17, 15) is 14.9 Å². The molecule has 1 amide bonds. The Balaban J connectivity index is 1.78. The lowest BCUT2D eigenvalue weighted by molar-refractivity contribution is -0.384. The molecule has 134 valence electrons. The molecule has 25 heavy (non-hydrogen) atoms. The number of hydrogen-bond donors (Lipinski definition) is 2. The van der Waals surface area contributed by atoms with Gasteiger partial charge in [0.05, 0.1) is 15.6 Å². The Morgan fingerprint density at radius 2 is 2.00 bits per heavy atom. The smallest absolute Gasteiger partial charge is 0.269 e. The van der Waals surface area contributed by atoms with Crippen molar-refractivity contribution in [3.8, 4) is 0 Å². The van der Waals surface area contributed by atoms with Crippen molar-refractivity contribution in [2.24, 2.45) is 0 Å². The van der Waals surface area contributed by atoms with Crippen LogP contribution in [0, 0.1) is 17.0 Å². The lowest BCUT2D eigenvalue weighted by Gasteiger charge is -2.07. The van der Waals surface area contributed by atoms with Gasteiger partial charge in [-0.2, -0.15) is 0 Å². The van der Waals surface area contributed by atoms with Crippen molar-refractivity contribution < 1.29 is 9.72 Å². The number of benzene rings is 1. The molecule has 1 aromatic carbocycles. The van der Waals surface area contributed by atoms with E-state index >= 15 is 0 Å². The first-order chi connectivity index (χ1) is 12.0. The van der Waals surface area contributed by atoms with Crippen LogP contribution in [0.1, 0.15) is 40.1 Å². The predicted octanol–water partition coefficient (Wildman–Crippen LogP) is 3.54. The number of nitro groups is 1. The SMILES string of the molecule is CCCCc1nc(C)c(C(=O)NCCNc2ccc([N+](=O)[O-])cc2)s1. The quantitative estimate of drug-likeness (QED) is 0.404. The van der Waals surface area contributed by atoms with Crippen LogP contribution < -0.4 is 10.6 Å². The van der Waals surface area contributed by atoms with Crippen molar-refractivity contribution >= 4 is 28.6 Å². The molecule has 7 nitrogen and oxygen atoms in total. The Kier molecular flexibility index (Phi) is 6.88. The number of non-ortho nitro benzene ring substituents is 1. The molecule has 0 saturated heterocycles. The highest BCUT2D eigenvalue weighted by molar-refractivity contribution is 7.13. The molecule has 2 aromatic rings. The monoisotopic (exact) mass is 362 g/mol. The number of thiazole rings is 1. The second-order valence-corrected chi connectivity index (χ2v) is 6.70. The van der Waals surface area contributed by atoms with Crippen molar-refractivity contribution in [1.29, 1.82) is 0 Å². The van der Waals surface area contributed by atoms with Gasteiger partial charge < -0.3 is 10.6 Å². The van der Waals surface area contributed by atoms with Gasteiger partial charge >= 0.3 is 0 Å². The average molecular weight is 362 g/mol. The lowest BCUT2D eigenvalue weighted by atomic mass is 10.3. The summed E-state index contributed by atoms with van der Waals surface area (Å²) >= 11 is 1.46. The molecular formula is C17H22N4O3S. The Labute approximate surface area is 150 Å². The summed E-state index contributed by atoms with van der Waals surface area (Å²) in [5, 5.41) is 17.6. The maximum atomic E-state index is 12.2. The van der Waals surface area contributed by atoms with E-state index in [2.05, 4.69) is 22.5 Å². The third-order valence-corrected chi connectivity index (χ3v) is 4.83. The number of carbonyl (C=O) groups excluding carboxylic acids is 1. The first-order valence-electron chi connectivity index (χ1n) is 8.24. The molecule has 2 N–H and O–H groups in total. The summed E-state index contributed by atoms with van der Waals surface area (Å²) in [6, 6.07) is 6.18. The number of nitrogens with one attached hydrogen (secondary N) is 2. The van der Waals surface area contributed by atoms with Crippen molar-refractivity contribution in [3.63, 3.8) is 0 Å². The molecule has 0 fully saturated rings. The van der Waals surface area contributed by atoms with Gasteiger partial charge in [-0.25, -0.2) is 4.98 Å². The fourth-order valence-electron chi connectivity index (χ4n) is 2.26. The second kappa shape index (κ2) is 9.12. The van der Waals surface area contributed by atoms with Crippen molar-refractivity contribution in [2.45, 2.75) is 33.1 Å². The van der Waals surface area contributed by atoms with E-state index < -0.39 is 4.92 Å². The zero-order valence-electron chi connectivity index (χ0n) is 14.4. The van der Waals surface area contributed by atoms with Crippen molar-refractivity contribution in [1.82, 2.24) is 10.3 Å². The second-order valence-electron chi connectivity index (χ2n) is 5.61. The molecule has 2 rings (SSSR count). The van der Waals surface area contributed by atoms with E-state index in [1.54, 1.807) is 12.1 Å². The molecule has 1 heterocycles. The van der Waals surface area contributed by atoms with Crippen LogP contribution in [-0.2, 0) is 6.42 Å². The highest BCUT2D eigenvalue weighted by Gasteiger charge is 2.14. The number of rotatable bonds is 9. The summed E-state index contributed by atoms with van der Waals surface area (Å²) in [5.74, 6) is -0.108. The molecule has 0 spiro atoms.